The van der Waals surface area contributed by atoms with Crippen LogP contribution in [-0.2, 0) is 9.47 Å². The van der Waals surface area contributed by atoms with Gasteiger partial charge < -0.3 is 14.4 Å². The van der Waals surface area contributed by atoms with Crippen molar-refractivity contribution >= 4 is 40.8 Å². The van der Waals surface area contributed by atoms with E-state index in [4.69, 9.17) is 9.47 Å². The van der Waals surface area contributed by atoms with Gasteiger partial charge in [-0.25, -0.2) is 9.59 Å². The van der Waals surface area contributed by atoms with Crippen LogP contribution < -0.4 is 4.90 Å². The van der Waals surface area contributed by atoms with Crippen LogP contribution in [0.2, 0.25) is 0 Å². The molecular formula is C25H21NO5S. The number of hydrogen-bond donors (Lipinski definition) is 0. The third kappa shape index (κ3) is 5.12. The number of carbonyl (C=O) groups is 3. The van der Waals surface area contributed by atoms with Crippen LogP contribution in [0.4, 0.5) is 5.69 Å². The summed E-state index contributed by atoms with van der Waals surface area (Å²) in [4.78, 5) is 40.4. The molecule has 1 aliphatic heterocycles. The fourth-order valence-corrected chi connectivity index (χ4v) is 3.98. The van der Waals surface area contributed by atoms with Crippen molar-refractivity contribution in [3.05, 3.63) is 93.7 Å². The summed E-state index contributed by atoms with van der Waals surface area (Å²) in [5.74, 6) is -1.24. The van der Waals surface area contributed by atoms with Gasteiger partial charge in [-0.05, 0) is 47.9 Å². The zero-order valence-electron chi connectivity index (χ0n) is 17.2. The van der Waals surface area contributed by atoms with E-state index >= 15 is 0 Å². The molecule has 6 nitrogen and oxygen atoms in total. The Labute approximate surface area is 189 Å². The number of fused-ring (bicyclic) bond motifs is 1. The Morgan fingerprint density at radius 2 is 1.56 bits per heavy atom. The van der Waals surface area contributed by atoms with Crippen LogP contribution in [0.15, 0.2) is 72.1 Å². The van der Waals surface area contributed by atoms with Crippen LogP contribution in [0.25, 0.3) is 6.08 Å². The molecule has 1 aromatic heterocycles. The van der Waals surface area contributed by atoms with Gasteiger partial charge in [-0.3, -0.25) is 4.79 Å². The van der Waals surface area contributed by atoms with Crippen LogP contribution in [0, 0.1) is 0 Å². The Morgan fingerprint density at radius 3 is 2.19 bits per heavy atom. The monoisotopic (exact) mass is 447 g/mol. The van der Waals surface area contributed by atoms with Crippen molar-refractivity contribution in [1.29, 1.82) is 0 Å². The van der Waals surface area contributed by atoms with Gasteiger partial charge in [0.1, 0.15) is 13.2 Å². The third-order valence-corrected chi connectivity index (χ3v) is 5.83. The molecule has 0 spiro atoms. The second kappa shape index (κ2) is 10.1. The zero-order chi connectivity index (χ0) is 22.3. The average molecular weight is 448 g/mol. The van der Waals surface area contributed by atoms with Crippen molar-refractivity contribution in [2.45, 2.75) is 0 Å². The van der Waals surface area contributed by atoms with Gasteiger partial charge in [0.05, 0.1) is 24.2 Å². The van der Waals surface area contributed by atoms with Crippen LogP contribution in [0.3, 0.4) is 0 Å². The van der Waals surface area contributed by atoms with Crippen molar-refractivity contribution < 1.29 is 23.9 Å². The van der Waals surface area contributed by atoms with Crippen molar-refractivity contribution in [1.82, 2.24) is 0 Å². The number of thiophene rings is 1. The number of ether oxygens (including phenoxy) is 2. The minimum atomic E-state index is -0.568. The van der Waals surface area contributed by atoms with Gasteiger partial charge in [0.15, 0.2) is 5.78 Å². The molecule has 162 valence electrons. The first kappa shape index (κ1) is 21.5. The summed E-state index contributed by atoms with van der Waals surface area (Å²) in [7, 11) is 0. The van der Waals surface area contributed by atoms with E-state index in [9.17, 15) is 14.4 Å². The van der Waals surface area contributed by atoms with E-state index in [-0.39, 0.29) is 30.1 Å². The van der Waals surface area contributed by atoms with E-state index in [1.807, 2.05) is 28.5 Å². The Kier molecular flexibility index (Phi) is 6.77. The molecule has 0 unspecified atom stereocenters. The smallest absolute Gasteiger partial charge is 0.339 e. The number of ketones is 1. The molecule has 0 atom stereocenters. The number of benzene rings is 2. The average Bonchev–Trinajstić information content (AvgIpc) is 3.34. The zero-order valence-corrected chi connectivity index (χ0v) is 18.0. The first-order valence-corrected chi connectivity index (χ1v) is 11.0. The highest BCUT2D eigenvalue weighted by molar-refractivity contribution is 7.10. The molecule has 0 fully saturated rings. The van der Waals surface area contributed by atoms with Crippen molar-refractivity contribution in [3.63, 3.8) is 0 Å². The van der Waals surface area contributed by atoms with Gasteiger partial charge in [-0.1, -0.05) is 30.3 Å². The van der Waals surface area contributed by atoms with Crippen LogP contribution in [0.1, 0.15) is 36.0 Å². The van der Waals surface area contributed by atoms with Gasteiger partial charge in [0.25, 0.3) is 0 Å². The van der Waals surface area contributed by atoms with E-state index in [0.29, 0.717) is 18.7 Å². The Hall–Kier alpha value is -3.71. The maximum absolute atomic E-state index is 12.6. The molecule has 3 aromatic rings. The number of rotatable bonds is 4. The van der Waals surface area contributed by atoms with E-state index in [1.165, 1.54) is 0 Å². The van der Waals surface area contributed by atoms with Crippen LogP contribution in [-0.4, -0.2) is 44.0 Å². The summed E-state index contributed by atoms with van der Waals surface area (Å²) in [5, 5.41) is 1.96. The standard InChI is InChI=1S/C25H21NO5S/c27-23(11-10-20-7-4-16-32-20)18-5-3-6-19(17-18)26-12-14-30-24(28)21-8-1-2-9-22(21)25(29)31-15-13-26/h1-11,16-17H,12-15H2/b11-10+. The summed E-state index contributed by atoms with van der Waals surface area (Å²) in [6.45, 7) is 1.07. The van der Waals surface area contributed by atoms with E-state index < -0.39 is 11.9 Å². The lowest BCUT2D eigenvalue weighted by Crippen LogP contribution is -2.31. The highest BCUT2D eigenvalue weighted by Gasteiger charge is 2.21. The normalized spacial score (nSPS) is 14.9. The number of allylic oxidation sites excluding steroid dienone is 1. The molecule has 32 heavy (non-hydrogen) atoms. The number of esters is 2. The highest BCUT2D eigenvalue weighted by Crippen LogP contribution is 2.19. The molecule has 0 N–H and O–H groups in total. The first-order valence-electron chi connectivity index (χ1n) is 10.2. The first-order chi connectivity index (χ1) is 15.6. The van der Waals surface area contributed by atoms with Crippen molar-refractivity contribution in [3.8, 4) is 0 Å². The topological polar surface area (TPSA) is 72.9 Å². The molecule has 1 aliphatic rings. The molecule has 4 rings (SSSR count). The minimum absolute atomic E-state index is 0.105. The molecule has 7 heteroatoms. The predicted molar refractivity (Wildman–Crippen MR) is 123 cm³/mol. The molecule has 2 heterocycles. The van der Waals surface area contributed by atoms with Gasteiger partial charge in [0, 0.05) is 16.1 Å². The molecule has 0 amide bonds. The lowest BCUT2D eigenvalue weighted by Gasteiger charge is -2.24. The number of nitrogens with zero attached hydrogens (tertiary/aromatic N) is 1. The third-order valence-electron chi connectivity index (χ3n) is 4.99. The molecule has 0 bridgehead atoms. The number of hydrogen-bond acceptors (Lipinski definition) is 7. The highest BCUT2D eigenvalue weighted by atomic mass is 32.1. The number of anilines is 1. The van der Waals surface area contributed by atoms with Crippen LogP contribution in [0.5, 0.6) is 0 Å². The molecule has 0 saturated carbocycles. The fraction of sp³-hybridized carbons (Fsp3) is 0.160. The largest absolute Gasteiger partial charge is 0.460 e. The number of cyclic esters (lactones) is 2. The maximum Gasteiger partial charge on any atom is 0.339 e. The lowest BCUT2D eigenvalue weighted by molar-refractivity contribution is 0.0488. The summed E-state index contributed by atoms with van der Waals surface area (Å²) >= 11 is 1.56. The fourth-order valence-electron chi connectivity index (χ4n) is 3.36. The summed E-state index contributed by atoms with van der Waals surface area (Å²) in [6.07, 6.45) is 3.35. The second-order valence-electron chi connectivity index (χ2n) is 7.07. The summed E-state index contributed by atoms with van der Waals surface area (Å²) < 4.78 is 10.8. The van der Waals surface area contributed by atoms with E-state index in [1.54, 1.807) is 66.0 Å². The molecule has 2 aromatic carbocycles. The van der Waals surface area contributed by atoms with Crippen LogP contribution >= 0.6 is 11.3 Å². The summed E-state index contributed by atoms with van der Waals surface area (Å²) in [6, 6.07) is 17.6. The minimum Gasteiger partial charge on any atom is -0.460 e. The van der Waals surface area contributed by atoms with E-state index in [2.05, 4.69) is 0 Å². The Morgan fingerprint density at radius 1 is 0.875 bits per heavy atom. The molecule has 0 radical (unpaired) electrons. The van der Waals surface area contributed by atoms with Gasteiger partial charge in [-0.15, -0.1) is 11.3 Å². The number of carbonyl (C=O) groups excluding carboxylic acids is 3. The Bertz CT molecular complexity index is 1110. The quantitative estimate of drug-likeness (QED) is 0.334. The molecular weight excluding hydrogens is 426 g/mol. The van der Waals surface area contributed by atoms with E-state index in [0.717, 1.165) is 10.6 Å². The Balaban J connectivity index is 1.50. The SMILES string of the molecule is O=C(/C=C/c1cccs1)c1cccc(N2CCOC(=O)c3ccccc3C(=O)OCC2)c1. The summed E-state index contributed by atoms with van der Waals surface area (Å²) in [5.41, 5.74) is 1.71. The lowest BCUT2D eigenvalue weighted by atomic mass is 10.1. The van der Waals surface area contributed by atoms with Gasteiger partial charge >= 0.3 is 11.9 Å². The van der Waals surface area contributed by atoms with Gasteiger partial charge in [-0.2, -0.15) is 0 Å². The second-order valence-corrected chi connectivity index (χ2v) is 8.05. The van der Waals surface area contributed by atoms with Crippen molar-refractivity contribution in [2.24, 2.45) is 0 Å². The maximum atomic E-state index is 12.6. The van der Waals surface area contributed by atoms with Gasteiger partial charge in [0.2, 0.25) is 0 Å². The molecule has 0 saturated heterocycles. The van der Waals surface area contributed by atoms with Crippen molar-refractivity contribution in [2.75, 3.05) is 31.2 Å². The predicted octanol–water partition coefficient (Wildman–Crippen LogP) is 4.48. The molecule has 0 aliphatic carbocycles.